The number of hydrogen-bond donors (Lipinski definition) is 2. The van der Waals surface area contributed by atoms with Gasteiger partial charge in [0.1, 0.15) is 11.5 Å². The molecule has 0 bridgehead atoms. The molecule has 122 valence electrons. The van der Waals surface area contributed by atoms with Gasteiger partial charge in [-0.15, -0.1) is 0 Å². The number of hydrazone groups is 1. The normalized spacial score (nSPS) is 11.7. The number of halogens is 3. The van der Waals surface area contributed by atoms with Gasteiger partial charge in [-0.1, -0.05) is 12.1 Å². The highest BCUT2D eigenvalue weighted by Crippen LogP contribution is 2.32. The maximum atomic E-state index is 12.7. The molecule has 0 saturated carbocycles. The molecule has 0 radical (unpaired) electrons. The Hall–Kier alpha value is -2.35. The molecule has 1 heterocycles. The molecule has 0 atom stereocenters. The van der Waals surface area contributed by atoms with Crippen LogP contribution >= 0.6 is 12.2 Å². The van der Waals surface area contributed by atoms with Gasteiger partial charge in [0, 0.05) is 12.1 Å². The summed E-state index contributed by atoms with van der Waals surface area (Å²) in [5, 5.41) is 7.09. The quantitative estimate of drug-likeness (QED) is 0.505. The first-order valence-corrected chi connectivity index (χ1v) is 7.15. The lowest BCUT2D eigenvalue weighted by molar-refractivity contribution is -0.137. The number of rotatable bonds is 4. The van der Waals surface area contributed by atoms with Crippen molar-refractivity contribution in [2.24, 2.45) is 5.10 Å². The zero-order valence-electron chi connectivity index (χ0n) is 12.1. The summed E-state index contributed by atoms with van der Waals surface area (Å²) in [5.74, 6) is 0.719. The molecule has 0 fully saturated rings. The van der Waals surface area contributed by atoms with E-state index >= 15 is 0 Å². The fourth-order valence-corrected chi connectivity index (χ4v) is 1.98. The van der Waals surface area contributed by atoms with Crippen LogP contribution in [0.4, 0.5) is 13.2 Å². The molecule has 1 aromatic carbocycles. The van der Waals surface area contributed by atoms with Crippen LogP contribution in [0.3, 0.4) is 0 Å². The Morgan fingerprint density at radius 3 is 2.78 bits per heavy atom. The van der Waals surface area contributed by atoms with Crippen molar-refractivity contribution in [3.8, 4) is 11.3 Å². The van der Waals surface area contributed by atoms with Crippen molar-refractivity contribution in [2.45, 2.75) is 13.1 Å². The molecule has 4 nitrogen and oxygen atoms in total. The standard InChI is InChI=1S/C15H14F3N3OS/c1-2-19-14(23)21-20-9-12-6-7-13(22-12)10-4-3-5-11(8-10)15(16,17)18/h3-9H,2H2,1H3,(H2,19,21,23). The minimum Gasteiger partial charge on any atom is -0.455 e. The maximum absolute atomic E-state index is 12.7. The highest BCUT2D eigenvalue weighted by molar-refractivity contribution is 7.80. The van der Waals surface area contributed by atoms with E-state index < -0.39 is 11.7 Å². The SMILES string of the molecule is CCNC(=S)NN=Cc1ccc(-c2cccc(C(F)(F)F)c2)o1. The summed E-state index contributed by atoms with van der Waals surface area (Å²) in [5.41, 5.74) is 2.21. The molecule has 0 unspecified atom stereocenters. The average molecular weight is 341 g/mol. The van der Waals surface area contributed by atoms with Gasteiger partial charge in [0.25, 0.3) is 0 Å². The van der Waals surface area contributed by atoms with Crippen LogP contribution in [0.25, 0.3) is 11.3 Å². The number of benzene rings is 1. The Kier molecular flexibility index (Phi) is 5.38. The number of nitrogens with zero attached hydrogens (tertiary/aromatic N) is 1. The number of furan rings is 1. The fourth-order valence-electron chi connectivity index (χ4n) is 1.78. The van der Waals surface area contributed by atoms with E-state index in [-0.39, 0.29) is 0 Å². The topological polar surface area (TPSA) is 49.6 Å². The van der Waals surface area contributed by atoms with E-state index in [1.807, 2.05) is 6.92 Å². The van der Waals surface area contributed by atoms with E-state index in [0.29, 0.717) is 28.7 Å². The summed E-state index contributed by atoms with van der Waals surface area (Å²) in [4.78, 5) is 0. The van der Waals surface area contributed by atoms with Gasteiger partial charge < -0.3 is 9.73 Å². The zero-order chi connectivity index (χ0) is 16.9. The van der Waals surface area contributed by atoms with E-state index in [1.165, 1.54) is 12.3 Å². The molecule has 2 N–H and O–H groups in total. The van der Waals surface area contributed by atoms with E-state index in [2.05, 4.69) is 15.8 Å². The van der Waals surface area contributed by atoms with Crippen LogP contribution in [-0.4, -0.2) is 17.9 Å². The number of thiocarbonyl (C=S) groups is 1. The van der Waals surface area contributed by atoms with Crippen molar-refractivity contribution in [2.75, 3.05) is 6.54 Å². The van der Waals surface area contributed by atoms with Gasteiger partial charge in [-0.2, -0.15) is 18.3 Å². The Morgan fingerprint density at radius 2 is 2.09 bits per heavy atom. The molecule has 23 heavy (non-hydrogen) atoms. The van der Waals surface area contributed by atoms with Crippen LogP contribution in [0.2, 0.25) is 0 Å². The third-order valence-corrected chi connectivity index (χ3v) is 3.03. The third-order valence-electron chi connectivity index (χ3n) is 2.80. The smallest absolute Gasteiger partial charge is 0.416 e. The molecule has 0 aliphatic rings. The highest BCUT2D eigenvalue weighted by Gasteiger charge is 2.30. The second-order valence-electron chi connectivity index (χ2n) is 4.51. The van der Waals surface area contributed by atoms with Crippen molar-refractivity contribution in [3.05, 3.63) is 47.7 Å². The molecule has 2 rings (SSSR count). The first kappa shape index (κ1) is 17.0. The highest BCUT2D eigenvalue weighted by atomic mass is 32.1. The molecule has 0 amide bonds. The van der Waals surface area contributed by atoms with Gasteiger partial charge in [0.05, 0.1) is 11.8 Å². The largest absolute Gasteiger partial charge is 0.455 e. The van der Waals surface area contributed by atoms with Gasteiger partial charge >= 0.3 is 6.18 Å². The van der Waals surface area contributed by atoms with Crippen molar-refractivity contribution >= 4 is 23.5 Å². The average Bonchev–Trinajstić information content (AvgIpc) is 2.96. The van der Waals surface area contributed by atoms with Crippen LogP contribution in [0, 0.1) is 0 Å². The molecule has 2 aromatic rings. The second-order valence-corrected chi connectivity index (χ2v) is 4.92. The van der Waals surface area contributed by atoms with E-state index in [1.54, 1.807) is 18.2 Å². The molecular formula is C15H14F3N3OS. The predicted molar refractivity (Wildman–Crippen MR) is 86.2 cm³/mol. The van der Waals surface area contributed by atoms with Crippen molar-refractivity contribution < 1.29 is 17.6 Å². The van der Waals surface area contributed by atoms with Gasteiger partial charge in [0.2, 0.25) is 0 Å². The Balaban J connectivity index is 2.10. The maximum Gasteiger partial charge on any atom is 0.416 e. The number of alkyl halides is 3. The third kappa shape index (κ3) is 4.82. The Bertz CT molecular complexity index is 710. The lowest BCUT2D eigenvalue weighted by Gasteiger charge is -2.07. The minimum atomic E-state index is -4.39. The van der Waals surface area contributed by atoms with Crippen molar-refractivity contribution in [3.63, 3.8) is 0 Å². The molecule has 8 heteroatoms. The van der Waals surface area contributed by atoms with Crippen molar-refractivity contribution in [1.82, 2.24) is 10.7 Å². The second kappa shape index (κ2) is 7.28. The van der Waals surface area contributed by atoms with Crippen LogP contribution in [0.5, 0.6) is 0 Å². The Labute approximate surface area is 136 Å². The van der Waals surface area contributed by atoms with Gasteiger partial charge in [-0.3, -0.25) is 5.43 Å². The lowest BCUT2D eigenvalue weighted by Crippen LogP contribution is -2.31. The molecule has 0 aliphatic heterocycles. The predicted octanol–water partition coefficient (Wildman–Crippen LogP) is 3.78. The zero-order valence-corrected chi connectivity index (χ0v) is 13.0. The summed E-state index contributed by atoms with van der Waals surface area (Å²) in [6.07, 6.45) is -3.00. The van der Waals surface area contributed by atoms with Crippen LogP contribution in [0.15, 0.2) is 45.9 Å². The monoisotopic (exact) mass is 341 g/mol. The van der Waals surface area contributed by atoms with Gasteiger partial charge in [-0.05, 0) is 43.4 Å². The molecular weight excluding hydrogens is 327 g/mol. The summed E-state index contributed by atoms with van der Waals surface area (Å²) < 4.78 is 43.6. The number of hydrogen-bond acceptors (Lipinski definition) is 3. The summed E-state index contributed by atoms with van der Waals surface area (Å²) in [7, 11) is 0. The van der Waals surface area contributed by atoms with E-state index in [0.717, 1.165) is 12.1 Å². The number of nitrogens with one attached hydrogen (secondary N) is 2. The van der Waals surface area contributed by atoms with E-state index in [9.17, 15) is 13.2 Å². The lowest BCUT2D eigenvalue weighted by atomic mass is 10.1. The van der Waals surface area contributed by atoms with Crippen molar-refractivity contribution in [1.29, 1.82) is 0 Å². The summed E-state index contributed by atoms with van der Waals surface area (Å²) >= 11 is 4.93. The van der Waals surface area contributed by atoms with Crippen LogP contribution in [-0.2, 0) is 6.18 Å². The molecule has 1 aromatic heterocycles. The van der Waals surface area contributed by atoms with Gasteiger partial charge in [0.15, 0.2) is 5.11 Å². The fraction of sp³-hybridized carbons (Fsp3) is 0.200. The molecule has 0 saturated heterocycles. The summed E-state index contributed by atoms with van der Waals surface area (Å²) in [6, 6.07) is 8.13. The first-order valence-electron chi connectivity index (χ1n) is 6.74. The summed E-state index contributed by atoms with van der Waals surface area (Å²) in [6.45, 7) is 2.56. The minimum absolute atomic E-state index is 0.326. The first-order chi connectivity index (χ1) is 10.9. The molecule has 0 spiro atoms. The Morgan fingerprint density at radius 1 is 1.30 bits per heavy atom. The van der Waals surface area contributed by atoms with Gasteiger partial charge in [-0.25, -0.2) is 0 Å². The van der Waals surface area contributed by atoms with Crippen LogP contribution in [0.1, 0.15) is 18.2 Å². The molecule has 0 aliphatic carbocycles. The van der Waals surface area contributed by atoms with Crippen LogP contribution < -0.4 is 10.7 Å². The van der Waals surface area contributed by atoms with E-state index in [4.69, 9.17) is 16.6 Å².